The van der Waals surface area contributed by atoms with Crippen LogP contribution in [0.5, 0.6) is 0 Å². The Balaban J connectivity index is 0.000000183. The Morgan fingerprint density at radius 3 is 1.00 bits per heavy atom. The van der Waals surface area contributed by atoms with Crippen LogP contribution in [0, 0.1) is 30.3 Å². The van der Waals surface area contributed by atoms with Crippen molar-refractivity contribution in [1.29, 1.82) is 0 Å². The molecule has 30 nitrogen and oxygen atoms in total. The van der Waals surface area contributed by atoms with Gasteiger partial charge in [-0.1, -0.05) is 105 Å². The number of hydrogen-bond donors (Lipinski definition) is 3. The molecule has 3 heterocycles. The summed E-state index contributed by atoms with van der Waals surface area (Å²) < 4.78 is 77.2. The molecule has 3 N–H and O–H groups in total. The summed E-state index contributed by atoms with van der Waals surface area (Å²) in [6.45, 7) is 13.6. The number of H-pyrrole nitrogens is 3. The van der Waals surface area contributed by atoms with E-state index in [4.69, 9.17) is 27.1 Å². The van der Waals surface area contributed by atoms with Gasteiger partial charge in [-0.05, 0) is 78.1 Å². The minimum absolute atomic E-state index is 0.0135. The molecule has 10 aromatic rings. The van der Waals surface area contributed by atoms with Crippen LogP contribution < -0.4 is 33.4 Å². The largest absolute Gasteiger partial charge is 0.357 e. The van der Waals surface area contributed by atoms with Crippen molar-refractivity contribution < 1.29 is 55.6 Å². The maximum Gasteiger partial charge on any atom is 0.357 e. The molecule has 0 amide bonds. The van der Waals surface area contributed by atoms with Crippen LogP contribution in [0.2, 0.25) is 0 Å². The van der Waals surface area contributed by atoms with Crippen molar-refractivity contribution >= 4 is 105 Å². The highest BCUT2D eigenvalue weighted by Gasteiger charge is 2.43. The molecule has 10 rings (SSSR count). The van der Waals surface area contributed by atoms with Gasteiger partial charge in [-0.2, -0.15) is 0 Å². The van der Waals surface area contributed by atoms with Gasteiger partial charge in [0.2, 0.25) is 0 Å². The lowest BCUT2D eigenvalue weighted by molar-refractivity contribution is -0.383. The molecule has 0 bridgehead atoms. The molecule has 0 fully saturated rings. The monoisotopic (exact) mass is 1370 g/mol. The molecular weight excluding hydrogens is 1300 g/mol. The van der Waals surface area contributed by atoms with Crippen molar-refractivity contribution in [2.75, 3.05) is 39.6 Å². The molecule has 33 heteroatoms. The first-order valence-corrected chi connectivity index (χ1v) is 35.0. The molecule has 0 aliphatic rings. The number of nitrogens with one attached hydrogen (secondary N) is 3. The number of aromatic nitrogens is 6. The Hall–Kier alpha value is -9.21. The van der Waals surface area contributed by atoms with E-state index in [2.05, 4.69) is 15.0 Å². The zero-order valence-electron chi connectivity index (χ0n) is 52.7. The average Bonchev–Trinajstić information content (AvgIpc) is 0.746. The van der Waals surface area contributed by atoms with E-state index in [1.807, 2.05) is 6.92 Å². The number of hydrogen-bond acceptors (Lipinski definition) is 21. The fourth-order valence-electron chi connectivity index (χ4n) is 11.4. The van der Waals surface area contributed by atoms with Gasteiger partial charge < -0.3 is 42.1 Å². The Bertz CT molecular complexity index is 5100. The van der Waals surface area contributed by atoms with E-state index in [1.54, 1.807) is 152 Å². The summed E-state index contributed by atoms with van der Waals surface area (Å²) in [6, 6.07) is 31.5. The van der Waals surface area contributed by atoms with E-state index >= 15 is 0 Å². The van der Waals surface area contributed by atoms with Gasteiger partial charge in [0.05, 0.1) is 104 Å². The molecule has 0 saturated heterocycles. The Morgan fingerprint density at radius 2 is 0.684 bits per heavy atom. The van der Waals surface area contributed by atoms with Crippen LogP contribution in [0.3, 0.4) is 0 Å². The second kappa shape index (κ2) is 30.5. The lowest BCUT2D eigenvalue weighted by Gasteiger charge is -2.29. The standard InChI is InChI=1S/C23H22N3O7P.C20H24N3O7P.C19H22N3O7P/c1-3-32-34(31,33-4-2)23(15-10-6-5-7-11-15)25-19-14-18(26(29)30)16-12-8-9-13-17(16)20(19)24-21(27)22(25)28;1-4-9-17(31(28,29-5-2)30-6-3)22-16-12-15(23(26)27)13-10-7-8-11-14(13)18(16)21-19(24)20(22)25;1-4-16(30(27,28-5-2)29-6-3)21-15-11-14(22(25)26)12-9-7-8-10-13(12)17(15)20-18(23)19(21)24/h5-14,23H,3-4H2,1-2H3,(H,24,27);7-8,10-12,17H,4-6,9H2,1-3H3,(H,21,24);7-11,16H,4-6H2,1-3H3,(H,20,23). The summed E-state index contributed by atoms with van der Waals surface area (Å²) in [4.78, 5) is 118. The van der Waals surface area contributed by atoms with Crippen LogP contribution in [-0.4, -0.2) is 83.1 Å². The number of aromatic amines is 3. The van der Waals surface area contributed by atoms with Crippen LogP contribution in [0.15, 0.2) is 150 Å². The zero-order valence-corrected chi connectivity index (χ0v) is 55.4. The number of nitro groups is 3. The van der Waals surface area contributed by atoms with E-state index < -0.39 is 88.3 Å². The molecule has 7 aromatic carbocycles. The van der Waals surface area contributed by atoms with Crippen LogP contribution in [-0.2, 0) is 40.8 Å². The molecule has 95 heavy (non-hydrogen) atoms. The molecule has 3 atom stereocenters. The normalized spacial score (nSPS) is 12.9. The molecule has 0 saturated carbocycles. The first-order valence-electron chi connectivity index (χ1n) is 30.1. The zero-order chi connectivity index (χ0) is 69.3. The molecule has 3 aromatic heterocycles. The quantitative estimate of drug-likeness (QED) is 0.0157. The van der Waals surface area contributed by atoms with E-state index in [9.17, 15) is 72.8 Å². The van der Waals surface area contributed by atoms with Gasteiger partial charge in [0, 0.05) is 34.4 Å². The summed E-state index contributed by atoms with van der Waals surface area (Å²) in [5, 5.41) is 37.4. The van der Waals surface area contributed by atoms with E-state index in [-0.39, 0.29) is 108 Å². The number of nitro benzene ring substituents is 3. The highest BCUT2D eigenvalue weighted by atomic mass is 31.2. The van der Waals surface area contributed by atoms with Crippen LogP contribution in [0.1, 0.15) is 97.6 Å². The molecule has 502 valence electrons. The lowest BCUT2D eigenvalue weighted by Crippen LogP contribution is -2.39. The fourth-order valence-corrected chi connectivity index (χ4v) is 17.9. The predicted octanol–water partition coefficient (Wildman–Crippen LogP) is 12.8. The third kappa shape index (κ3) is 14.1. The number of rotatable bonds is 25. The van der Waals surface area contributed by atoms with Gasteiger partial charge >= 0.3 is 56.1 Å². The SMILES string of the molecule is CCCC(n1c(=O)c(=O)[nH]c2c3ccccc3c([N+](=O)[O-])cc21)P(=O)(OCC)OCC.CCOP(=O)(OCC)C(CC)n1c(=O)c(=O)[nH]c2c3ccccc3c([N+](=O)[O-])cc21.CCOP(=O)(OCC)C(c1ccccc1)n1c(=O)c(=O)[nH]c2c3ccccc3c([N+](=O)[O-])cc21. The van der Waals surface area contributed by atoms with E-state index in [1.165, 1.54) is 18.2 Å². The summed E-state index contributed by atoms with van der Waals surface area (Å²) in [5.74, 6) is -3.60. The smallest absolute Gasteiger partial charge is 0.315 e. The van der Waals surface area contributed by atoms with Crippen LogP contribution in [0.4, 0.5) is 17.1 Å². The fraction of sp³-hybridized carbons (Fsp3) is 0.323. The minimum atomic E-state index is -4.08. The minimum Gasteiger partial charge on any atom is -0.315 e. The van der Waals surface area contributed by atoms with Gasteiger partial charge in [0.25, 0.3) is 17.1 Å². The number of nitrogens with zero attached hydrogens (tertiary/aromatic N) is 6. The van der Waals surface area contributed by atoms with Gasteiger partial charge in [0.1, 0.15) is 11.6 Å². The highest BCUT2D eigenvalue weighted by Crippen LogP contribution is 2.63. The van der Waals surface area contributed by atoms with Gasteiger partial charge in [0.15, 0.2) is 5.78 Å². The lowest BCUT2D eigenvalue weighted by atomic mass is 10.1. The van der Waals surface area contributed by atoms with E-state index in [0.717, 1.165) is 13.7 Å². The number of benzene rings is 7. The van der Waals surface area contributed by atoms with E-state index in [0.29, 0.717) is 38.9 Å². The Kier molecular flexibility index (Phi) is 23.0. The molecule has 0 aliphatic carbocycles. The first kappa shape index (κ1) is 71.6. The number of fused-ring (bicyclic) bond motifs is 9. The van der Waals surface area contributed by atoms with Gasteiger partial charge in [-0.3, -0.25) is 86.5 Å². The Morgan fingerprint density at radius 1 is 0.400 bits per heavy atom. The van der Waals surface area contributed by atoms with Crippen molar-refractivity contribution in [2.24, 2.45) is 0 Å². The third-order valence-corrected chi connectivity index (χ3v) is 22.4. The van der Waals surface area contributed by atoms with Crippen molar-refractivity contribution in [3.05, 3.63) is 219 Å². The van der Waals surface area contributed by atoms with Crippen molar-refractivity contribution in [2.45, 2.75) is 92.0 Å². The second-order valence-electron chi connectivity index (χ2n) is 20.7. The van der Waals surface area contributed by atoms with Crippen LogP contribution >= 0.6 is 22.8 Å². The van der Waals surface area contributed by atoms with Crippen molar-refractivity contribution in [3.8, 4) is 0 Å². The molecule has 0 radical (unpaired) electrons. The average molecular weight is 1370 g/mol. The third-order valence-electron chi connectivity index (χ3n) is 15.1. The summed E-state index contributed by atoms with van der Waals surface area (Å²) in [5.41, 5.74) is -5.30. The topological polar surface area (TPSA) is 401 Å². The summed E-state index contributed by atoms with van der Waals surface area (Å²) >= 11 is 0. The van der Waals surface area contributed by atoms with Crippen molar-refractivity contribution in [1.82, 2.24) is 28.7 Å². The molecular formula is C62H68N9O21P3. The van der Waals surface area contributed by atoms with Crippen molar-refractivity contribution in [3.63, 3.8) is 0 Å². The Labute approximate surface area is 538 Å². The van der Waals surface area contributed by atoms with Gasteiger partial charge in [-0.15, -0.1) is 0 Å². The summed E-state index contributed by atoms with van der Waals surface area (Å²) in [7, 11) is -11.8. The number of non-ortho nitro benzene ring substituents is 3. The maximum absolute atomic E-state index is 14.1. The molecule has 3 unspecified atom stereocenters. The maximum atomic E-state index is 14.1. The van der Waals surface area contributed by atoms with Crippen LogP contribution in [0.25, 0.3) is 65.4 Å². The second-order valence-corrected chi connectivity index (χ2v) is 27.2. The van der Waals surface area contributed by atoms with Gasteiger partial charge in [-0.25, -0.2) is 0 Å². The molecule has 0 aliphatic heterocycles. The highest BCUT2D eigenvalue weighted by molar-refractivity contribution is 7.54. The first-order chi connectivity index (χ1) is 45.4. The predicted molar refractivity (Wildman–Crippen MR) is 359 cm³/mol. The summed E-state index contributed by atoms with van der Waals surface area (Å²) in [6.07, 6.45) is 0.845. The molecule has 0 spiro atoms.